The Kier molecular flexibility index (Phi) is 13.8. The topological polar surface area (TPSA) is 191 Å². The summed E-state index contributed by atoms with van der Waals surface area (Å²) in [5.41, 5.74) is 0. The summed E-state index contributed by atoms with van der Waals surface area (Å²) in [6.45, 7) is 6.51. The summed E-state index contributed by atoms with van der Waals surface area (Å²) >= 11 is 1.03. The number of unbranched alkanes of at least 4 members (excludes halogenated alkanes) is 2. The Morgan fingerprint density at radius 3 is 2.21 bits per heavy atom. The van der Waals surface area contributed by atoms with Crippen molar-refractivity contribution in [2.45, 2.75) is 83.2 Å². The first kappa shape index (κ1) is 32.9. The van der Waals surface area contributed by atoms with Gasteiger partial charge in [0.25, 0.3) is 0 Å². The number of amides is 6. The molecule has 214 valence electrons. The van der Waals surface area contributed by atoms with Gasteiger partial charge >= 0.3 is 5.97 Å². The molecule has 0 aliphatic carbocycles. The second-order valence-corrected chi connectivity index (χ2v) is 10.7. The number of carbonyl (C=O) groups excluding carboxylic acids is 6. The molecule has 0 saturated carbocycles. The fourth-order valence-electron chi connectivity index (χ4n) is 3.75. The fourth-order valence-corrected chi connectivity index (χ4v) is 4.93. The second-order valence-electron chi connectivity index (χ2n) is 9.45. The molecule has 1 aliphatic heterocycles. The number of rotatable bonds is 16. The van der Waals surface area contributed by atoms with Crippen molar-refractivity contribution in [2.75, 3.05) is 19.3 Å². The fraction of sp³-hybridized carbons (Fsp3) is 0.708. The molecule has 0 spiro atoms. The molecule has 38 heavy (non-hydrogen) atoms. The predicted octanol–water partition coefficient (Wildman–Crippen LogP) is -0.612. The molecular formula is C24H39N5O8S. The van der Waals surface area contributed by atoms with Crippen molar-refractivity contribution in [3.8, 4) is 0 Å². The van der Waals surface area contributed by atoms with Crippen molar-refractivity contribution in [1.82, 2.24) is 26.2 Å². The van der Waals surface area contributed by atoms with Gasteiger partial charge in [-0.25, -0.2) is 4.79 Å². The lowest BCUT2D eigenvalue weighted by molar-refractivity contribution is -0.141. The SMILES string of the molecule is CNC(=O)[C@H](C)NC(=O)[C@@H](NC(=O)CCCCCN1C(=O)CC(SC[C@H](NC(C)=O)C(=O)O)C1=O)C(C)C. The number of hydrogen-bond acceptors (Lipinski definition) is 8. The Morgan fingerprint density at radius 2 is 1.66 bits per heavy atom. The van der Waals surface area contributed by atoms with Crippen molar-refractivity contribution in [2.24, 2.45) is 5.92 Å². The highest BCUT2D eigenvalue weighted by Crippen LogP contribution is 2.26. The van der Waals surface area contributed by atoms with Crippen molar-refractivity contribution in [1.29, 1.82) is 0 Å². The van der Waals surface area contributed by atoms with Crippen LogP contribution >= 0.6 is 11.8 Å². The van der Waals surface area contributed by atoms with Gasteiger partial charge in [0.1, 0.15) is 18.1 Å². The van der Waals surface area contributed by atoms with E-state index in [2.05, 4.69) is 21.3 Å². The van der Waals surface area contributed by atoms with E-state index in [1.54, 1.807) is 20.8 Å². The molecule has 0 aromatic rings. The maximum absolute atomic E-state index is 12.6. The maximum atomic E-state index is 12.6. The number of nitrogens with zero attached hydrogens (tertiary/aromatic N) is 1. The third-order valence-corrected chi connectivity index (χ3v) is 7.19. The van der Waals surface area contributed by atoms with Gasteiger partial charge in [-0.05, 0) is 25.7 Å². The molecule has 1 rings (SSSR count). The summed E-state index contributed by atoms with van der Waals surface area (Å²) < 4.78 is 0. The van der Waals surface area contributed by atoms with E-state index < -0.39 is 41.2 Å². The van der Waals surface area contributed by atoms with Crippen molar-refractivity contribution >= 4 is 53.2 Å². The first-order valence-corrected chi connectivity index (χ1v) is 13.6. The third kappa shape index (κ3) is 10.7. The normalized spacial score (nSPS) is 17.5. The molecule has 0 bridgehead atoms. The van der Waals surface area contributed by atoms with Crippen molar-refractivity contribution in [3.63, 3.8) is 0 Å². The van der Waals surface area contributed by atoms with Gasteiger partial charge in [0, 0.05) is 39.1 Å². The zero-order chi connectivity index (χ0) is 29.0. The van der Waals surface area contributed by atoms with E-state index in [0.29, 0.717) is 19.3 Å². The first-order valence-electron chi connectivity index (χ1n) is 12.6. The molecule has 5 N–H and O–H groups in total. The van der Waals surface area contributed by atoms with Crippen molar-refractivity contribution in [3.05, 3.63) is 0 Å². The summed E-state index contributed by atoms with van der Waals surface area (Å²) in [5.74, 6) is -3.79. The molecular weight excluding hydrogens is 518 g/mol. The number of hydrogen-bond donors (Lipinski definition) is 5. The van der Waals surface area contributed by atoms with Gasteiger partial charge < -0.3 is 26.4 Å². The third-order valence-electron chi connectivity index (χ3n) is 5.89. The van der Waals surface area contributed by atoms with Crippen LogP contribution in [0.2, 0.25) is 0 Å². The molecule has 13 nitrogen and oxygen atoms in total. The van der Waals surface area contributed by atoms with Gasteiger partial charge in [-0.1, -0.05) is 20.3 Å². The molecule has 1 unspecified atom stereocenters. The van der Waals surface area contributed by atoms with Gasteiger partial charge in [0.15, 0.2) is 0 Å². The minimum Gasteiger partial charge on any atom is -0.480 e. The Labute approximate surface area is 226 Å². The summed E-state index contributed by atoms with van der Waals surface area (Å²) in [4.78, 5) is 85.0. The highest BCUT2D eigenvalue weighted by atomic mass is 32.2. The molecule has 0 radical (unpaired) electrons. The molecule has 1 aliphatic rings. The van der Waals surface area contributed by atoms with Crippen LogP contribution in [0.5, 0.6) is 0 Å². The minimum absolute atomic E-state index is 0.0322. The Balaban J connectivity index is 2.44. The van der Waals surface area contributed by atoms with Crippen LogP contribution < -0.4 is 21.3 Å². The van der Waals surface area contributed by atoms with Gasteiger partial charge in [-0.15, -0.1) is 11.8 Å². The van der Waals surface area contributed by atoms with Crippen LogP contribution in [0.1, 0.15) is 59.8 Å². The van der Waals surface area contributed by atoms with E-state index in [-0.39, 0.29) is 54.7 Å². The van der Waals surface area contributed by atoms with E-state index in [0.717, 1.165) is 16.7 Å². The number of carbonyl (C=O) groups is 7. The van der Waals surface area contributed by atoms with E-state index in [1.165, 1.54) is 14.0 Å². The predicted molar refractivity (Wildman–Crippen MR) is 140 cm³/mol. The van der Waals surface area contributed by atoms with Crippen LogP contribution in [0.3, 0.4) is 0 Å². The lowest BCUT2D eigenvalue weighted by Gasteiger charge is -2.23. The highest BCUT2D eigenvalue weighted by Gasteiger charge is 2.39. The average Bonchev–Trinajstić information content (AvgIpc) is 3.10. The number of likely N-dealkylation sites (N-methyl/N-ethyl adjacent to an activating group) is 1. The van der Waals surface area contributed by atoms with E-state index in [4.69, 9.17) is 0 Å². The van der Waals surface area contributed by atoms with Crippen LogP contribution in [0.4, 0.5) is 0 Å². The molecule has 0 aromatic heterocycles. The molecule has 0 aromatic carbocycles. The standard InChI is InChI=1S/C24H39N5O8S/c1-13(2)20(22(34)26-14(3)21(33)25-5)28-18(31)9-7-6-8-10-29-19(32)11-17(23(29)35)38-12-16(24(36)37)27-15(4)30/h13-14,16-17,20H,6-12H2,1-5H3,(H,25,33)(H,26,34)(H,27,30)(H,28,31)(H,36,37)/t14-,16-,17?,20-/m0/s1. The molecule has 1 saturated heterocycles. The van der Waals surface area contributed by atoms with Crippen LogP contribution in [0.15, 0.2) is 0 Å². The van der Waals surface area contributed by atoms with E-state index in [9.17, 15) is 38.7 Å². The number of nitrogens with one attached hydrogen (secondary N) is 4. The minimum atomic E-state index is -1.22. The van der Waals surface area contributed by atoms with Gasteiger partial charge in [0.2, 0.25) is 35.4 Å². The number of imide groups is 1. The summed E-state index contributed by atoms with van der Waals surface area (Å²) in [7, 11) is 1.46. The molecule has 1 fully saturated rings. The second kappa shape index (κ2) is 15.9. The lowest BCUT2D eigenvalue weighted by atomic mass is 10.0. The van der Waals surface area contributed by atoms with Crippen LogP contribution in [-0.4, -0.2) is 94.1 Å². The van der Waals surface area contributed by atoms with Crippen LogP contribution in [-0.2, 0) is 33.6 Å². The highest BCUT2D eigenvalue weighted by molar-refractivity contribution is 8.00. The monoisotopic (exact) mass is 557 g/mol. The Morgan fingerprint density at radius 1 is 1.00 bits per heavy atom. The number of likely N-dealkylation sites (tertiary alicyclic amines) is 1. The number of aliphatic carboxylic acids is 1. The lowest BCUT2D eigenvalue weighted by Crippen LogP contribution is -2.54. The average molecular weight is 558 g/mol. The summed E-state index contributed by atoms with van der Waals surface area (Å²) in [6.07, 6.45) is 1.66. The zero-order valence-corrected chi connectivity index (χ0v) is 23.3. The van der Waals surface area contributed by atoms with Crippen LogP contribution in [0, 0.1) is 5.92 Å². The maximum Gasteiger partial charge on any atom is 0.327 e. The van der Waals surface area contributed by atoms with E-state index in [1.807, 2.05) is 0 Å². The molecule has 1 heterocycles. The Bertz CT molecular complexity index is 912. The molecule has 6 amide bonds. The quantitative estimate of drug-likeness (QED) is 0.122. The van der Waals surface area contributed by atoms with Gasteiger partial charge in [0.05, 0.1) is 5.25 Å². The molecule has 4 atom stereocenters. The number of carboxylic acid groups (broad SMARTS) is 1. The van der Waals surface area contributed by atoms with Gasteiger partial charge in [-0.3, -0.25) is 33.7 Å². The number of thioether (sulfide) groups is 1. The smallest absolute Gasteiger partial charge is 0.327 e. The Hall–Kier alpha value is -3.16. The molecule has 14 heteroatoms. The summed E-state index contributed by atoms with van der Waals surface area (Å²) in [6, 6.07) is -2.69. The van der Waals surface area contributed by atoms with Gasteiger partial charge in [-0.2, -0.15) is 0 Å². The largest absolute Gasteiger partial charge is 0.480 e. The van der Waals surface area contributed by atoms with Crippen molar-refractivity contribution < 1.29 is 38.7 Å². The summed E-state index contributed by atoms with van der Waals surface area (Å²) in [5, 5.41) is 18.5. The zero-order valence-electron chi connectivity index (χ0n) is 22.5. The van der Waals surface area contributed by atoms with E-state index >= 15 is 0 Å². The first-order chi connectivity index (χ1) is 17.8. The number of carboxylic acids is 1. The van der Waals surface area contributed by atoms with Crippen LogP contribution in [0.25, 0.3) is 0 Å².